The minimum absolute atomic E-state index is 0.0848. The van der Waals surface area contributed by atoms with Crippen LogP contribution >= 0.6 is 11.6 Å². The van der Waals surface area contributed by atoms with Crippen molar-refractivity contribution in [3.8, 4) is 11.6 Å². The van der Waals surface area contributed by atoms with E-state index in [-0.39, 0.29) is 16.7 Å². The standard InChI is InChI=1S/C12H10ClN3O2/c1-7-6-10(16-12(13)15-7)18-9-5-3-2-4-8(9)11(14)17/h2-6H,1H3,(H2,14,17). The van der Waals surface area contributed by atoms with Gasteiger partial charge in [0.2, 0.25) is 11.2 Å². The molecule has 0 aliphatic heterocycles. The Labute approximate surface area is 109 Å². The van der Waals surface area contributed by atoms with E-state index in [0.29, 0.717) is 11.4 Å². The zero-order valence-corrected chi connectivity index (χ0v) is 10.3. The zero-order valence-electron chi connectivity index (χ0n) is 9.55. The number of ether oxygens (including phenoxy) is 1. The summed E-state index contributed by atoms with van der Waals surface area (Å²) >= 11 is 5.72. The Kier molecular flexibility index (Phi) is 3.43. The van der Waals surface area contributed by atoms with Gasteiger partial charge in [-0.25, -0.2) is 4.98 Å². The number of aryl methyl sites for hydroxylation is 1. The summed E-state index contributed by atoms with van der Waals surface area (Å²) in [6.07, 6.45) is 0. The van der Waals surface area contributed by atoms with Crippen LogP contribution < -0.4 is 10.5 Å². The lowest BCUT2D eigenvalue weighted by molar-refractivity contribution is 0.0998. The number of halogens is 1. The number of benzene rings is 1. The van der Waals surface area contributed by atoms with Crippen LogP contribution in [0.4, 0.5) is 0 Å². The van der Waals surface area contributed by atoms with Gasteiger partial charge in [0.15, 0.2) is 0 Å². The largest absolute Gasteiger partial charge is 0.438 e. The fraction of sp³-hybridized carbons (Fsp3) is 0.0833. The second-order valence-electron chi connectivity index (χ2n) is 3.58. The lowest BCUT2D eigenvalue weighted by atomic mass is 10.2. The third kappa shape index (κ3) is 2.75. The molecule has 6 heteroatoms. The normalized spacial score (nSPS) is 10.1. The van der Waals surface area contributed by atoms with E-state index >= 15 is 0 Å². The molecule has 0 saturated carbocycles. The van der Waals surface area contributed by atoms with Crippen LogP contribution in [0.2, 0.25) is 5.28 Å². The average Bonchev–Trinajstić information content (AvgIpc) is 2.27. The van der Waals surface area contributed by atoms with E-state index in [9.17, 15) is 4.79 Å². The number of nitrogens with two attached hydrogens (primary N) is 1. The second-order valence-corrected chi connectivity index (χ2v) is 3.92. The van der Waals surface area contributed by atoms with Crippen LogP contribution in [0.25, 0.3) is 0 Å². The van der Waals surface area contributed by atoms with E-state index in [0.717, 1.165) is 0 Å². The summed E-state index contributed by atoms with van der Waals surface area (Å²) in [5, 5.41) is 0.0848. The molecule has 2 aromatic rings. The molecule has 0 saturated heterocycles. The van der Waals surface area contributed by atoms with Crippen molar-refractivity contribution in [2.75, 3.05) is 0 Å². The van der Waals surface area contributed by atoms with Gasteiger partial charge in [-0.2, -0.15) is 4.98 Å². The first-order valence-corrected chi connectivity index (χ1v) is 5.52. The third-order valence-electron chi connectivity index (χ3n) is 2.17. The van der Waals surface area contributed by atoms with Crippen molar-refractivity contribution in [3.63, 3.8) is 0 Å². The van der Waals surface area contributed by atoms with Crippen LogP contribution in [-0.2, 0) is 0 Å². The predicted octanol–water partition coefficient (Wildman–Crippen LogP) is 2.33. The monoisotopic (exact) mass is 263 g/mol. The summed E-state index contributed by atoms with van der Waals surface area (Å²) < 4.78 is 5.50. The Hall–Kier alpha value is -2.14. The smallest absolute Gasteiger partial charge is 0.252 e. The molecule has 1 aromatic carbocycles. The lowest BCUT2D eigenvalue weighted by Gasteiger charge is -2.08. The molecular formula is C12H10ClN3O2. The van der Waals surface area contributed by atoms with Crippen LogP contribution in [0, 0.1) is 6.92 Å². The molecule has 2 N–H and O–H groups in total. The second kappa shape index (κ2) is 5.01. The lowest BCUT2D eigenvalue weighted by Crippen LogP contribution is -2.12. The van der Waals surface area contributed by atoms with Gasteiger partial charge in [-0.15, -0.1) is 0 Å². The molecule has 5 nitrogen and oxygen atoms in total. The molecule has 92 valence electrons. The van der Waals surface area contributed by atoms with Crippen LogP contribution in [0.5, 0.6) is 11.6 Å². The van der Waals surface area contributed by atoms with E-state index < -0.39 is 5.91 Å². The SMILES string of the molecule is Cc1cc(Oc2ccccc2C(N)=O)nc(Cl)n1. The van der Waals surface area contributed by atoms with Crippen molar-refractivity contribution in [1.82, 2.24) is 9.97 Å². The molecule has 0 bridgehead atoms. The van der Waals surface area contributed by atoms with Crippen molar-refractivity contribution in [1.29, 1.82) is 0 Å². The zero-order chi connectivity index (χ0) is 13.1. The number of hydrogen-bond donors (Lipinski definition) is 1. The summed E-state index contributed by atoms with van der Waals surface area (Å²) in [6, 6.07) is 8.25. The van der Waals surface area contributed by atoms with Crippen molar-refractivity contribution < 1.29 is 9.53 Å². The summed E-state index contributed by atoms with van der Waals surface area (Å²) in [4.78, 5) is 19.1. The highest BCUT2D eigenvalue weighted by atomic mass is 35.5. The van der Waals surface area contributed by atoms with Gasteiger partial charge in [0.05, 0.1) is 5.56 Å². The fourth-order valence-electron chi connectivity index (χ4n) is 1.43. The summed E-state index contributed by atoms with van der Waals surface area (Å²) in [6.45, 7) is 1.76. The minimum atomic E-state index is -0.567. The number of hydrogen-bond acceptors (Lipinski definition) is 4. The van der Waals surface area contributed by atoms with Gasteiger partial charge in [0.25, 0.3) is 5.91 Å². The molecule has 0 radical (unpaired) electrons. The van der Waals surface area contributed by atoms with Crippen molar-refractivity contribution >= 4 is 17.5 Å². The van der Waals surface area contributed by atoms with Gasteiger partial charge in [-0.3, -0.25) is 4.79 Å². The molecule has 0 atom stereocenters. The number of rotatable bonds is 3. The van der Waals surface area contributed by atoms with Crippen LogP contribution in [0.1, 0.15) is 16.1 Å². The Bertz CT molecular complexity index is 581. The van der Waals surface area contributed by atoms with Crippen LogP contribution in [0.3, 0.4) is 0 Å². The van der Waals surface area contributed by atoms with E-state index in [1.165, 1.54) is 0 Å². The number of aromatic nitrogens is 2. The van der Waals surface area contributed by atoms with E-state index in [1.807, 2.05) is 0 Å². The molecule has 18 heavy (non-hydrogen) atoms. The van der Waals surface area contributed by atoms with E-state index in [1.54, 1.807) is 37.3 Å². The van der Waals surface area contributed by atoms with Crippen molar-refractivity contribution in [2.24, 2.45) is 5.73 Å². The van der Waals surface area contributed by atoms with Gasteiger partial charge in [-0.1, -0.05) is 12.1 Å². The maximum Gasteiger partial charge on any atom is 0.252 e. The van der Waals surface area contributed by atoms with Gasteiger partial charge < -0.3 is 10.5 Å². The predicted molar refractivity (Wildman–Crippen MR) is 66.8 cm³/mol. The molecule has 0 aliphatic rings. The Morgan fingerprint density at radius 2 is 2.06 bits per heavy atom. The number of carbonyl (C=O) groups is 1. The van der Waals surface area contributed by atoms with Crippen LogP contribution in [-0.4, -0.2) is 15.9 Å². The van der Waals surface area contributed by atoms with Crippen molar-refractivity contribution in [3.05, 3.63) is 46.9 Å². The number of primary amides is 1. The molecule has 1 amide bonds. The molecule has 0 aliphatic carbocycles. The van der Waals surface area contributed by atoms with Gasteiger partial charge in [0.1, 0.15) is 5.75 Å². The topological polar surface area (TPSA) is 78.1 Å². The number of carbonyl (C=O) groups excluding carboxylic acids is 1. The minimum Gasteiger partial charge on any atom is -0.438 e. The molecule has 2 rings (SSSR count). The molecule has 0 spiro atoms. The highest BCUT2D eigenvalue weighted by Crippen LogP contribution is 2.24. The molecule has 0 unspecified atom stereocenters. The number of amides is 1. The van der Waals surface area contributed by atoms with E-state index in [4.69, 9.17) is 22.1 Å². The first kappa shape index (κ1) is 12.3. The van der Waals surface area contributed by atoms with Gasteiger partial charge in [-0.05, 0) is 30.7 Å². The third-order valence-corrected chi connectivity index (χ3v) is 2.34. The molecule has 0 fully saturated rings. The molecular weight excluding hydrogens is 254 g/mol. The summed E-state index contributed by atoms with van der Waals surface area (Å²) in [5.74, 6) is 0.0304. The highest BCUT2D eigenvalue weighted by Gasteiger charge is 2.10. The Morgan fingerprint density at radius 1 is 1.33 bits per heavy atom. The quantitative estimate of drug-likeness (QED) is 0.862. The van der Waals surface area contributed by atoms with Crippen molar-refractivity contribution in [2.45, 2.75) is 6.92 Å². The summed E-state index contributed by atoms with van der Waals surface area (Å²) in [7, 11) is 0. The number of para-hydroxylation sites is 1. The Morgan fingerprint density at radius 3 is 2.72 bits per heavy atom. The highest BCUT2D eigenvalue weighted by molar-refractivity contribution is 6.28. The molecule has 1 heterocycles. The maximum atomic E-state index is 11.2. The van der Waals surface area contributed by atoms with E-state index in [2.05, 4.69) is 9.97 Å². The number of nitrogens with zero attached hydrogens (tertiary/aromatic N) is 2. The first-order chi connectivity index (χ1) is 8.56. The van der Waals surface area contributed by atoms with Gasteiger partial charge >= 0.3 is 0 Å². The average molecular weight is 264 g/mol. The Balaban J connectivity index is 2.37. The van der Waals surface area contributed by atoms with Crippen LogP contribution in [0.15, 0.2) is 30.3 Å². The maximum absolute atomic E-state index is 11.2. The van der Waals surface area contributed by atoms with Gasteiger partial charge in [0, 0.05) is 11.8 Å². The molecule has 1 aromatic heterocycles. The first-order valence-electron chi connectivity index (χ1n) is 5.14. The fourth-order valence-corrected chi connectivity index (χ4v) is 1.65. The summed E-state index contributed by atoms with van der Waals surface area (Å²) in [5.41, 5.74) is 6.20.